The van der Waals surface area contributed by atoms with Crippen LogP contribution in [0, 0.1) is 11.6 Å². The van der Waals surface area contributed by atoms with Crippen molar-refractivity contribution < 1.29 is 13.6 Å². The molecule has 0 radical (unpaired) electrons. The number of nitrogens with one attached hydrogen (secondary N) is 2. The lowest BCUT2D eigenvalue weighted by atomic mass is 9.93. The number of amides is 1. The van der Waals surface area contributed by atoms with E-state index < -0.39 is 11.6 Å². The monoisotopic (exact) mass is 704 g/mol. The Morgan fingerprint density at radius 1 is 1.00 bits per heavy atom. The van der Waals surface area contributed by atoms with E-state index in [4.69, 9.17) is 4.98 Å². The van der Waals surface area contributed by atoms with Gasteiger partial charge in [0.2, 0.25) is 5.95 Å². The molecule has 3 aromatic carbocycles. The Bertz CT molecular complexity index is 1740. The molecule has 1 amide bonds. The molecule has 0 spiro atoms. The number of carbonyl (C=O) groups is 1. The van der Waals surface area contributed by atoms with Gasteiger partial charge in [0.05, 0.1) is 23.5 Å². The molecule has 2 fully saturated rings. The van der Waals surface area contributed by atoms with Crippen LogP contribution in [-0.4, -0.2) is 51.7 Å². The van der Waals surface area contributed by atoms with Crippen molar-refractivity contribution >= 4 is 45.8 Å². The minimum absolute atomic E-state index is 0.0589. The standard InChI is InChI=1S/C34H31F2IN6O/c1-43-24-10-11-25(43)15-23(14-24)40-33(44)20-6-8-22(9-7-20)41-34-39-18-21-17-38-32(30-28(35)3-2-4-29(30)36)27-13-19(16-37)5-12-26(27)31(21)42-34/h2-9,12-13,18,23-25H,10-11,14-17H2,1H3,(H,40,44)(H,39,41,42). The summed E-state index contributed by atoms with van der Waals surface area (Å²) < 4.78 is 30.6. The van der Waals surface area contributed by atoms with Crippen LogP contribution in [0.5, 0.6) is 0 Å². The lowest BCUT2D eigenvalue weighted by molar-refractivity contribution is 0.0882. The predicted octanol–water partition coefficient (Wildman–Crippen LogP) is 6.81. The summed E-state index contributed by atoms with van der Waals surface area (Å²) in [5, 5.41) is 6.48. The van der Waals surface area contributed by atoms with Crippen molar-refractivity contribution in [3.05, 3.63) is 106 Å². The van der Waals surface area contributed by atoms with Gasteiger partial charge in [0, 0.05) is 56.7 Å². The van der Waals surface area contributed by atoms with Crippen LogP contribution in [0.15, 0.2) is 71.9 Å². The summed E-state index contributed by atoms with van der Waals surface area (Å²) in [6.45, 7) is 0.176. The van der Waals surface area contributed by atoms with Crippen molar-refractivity contribution in [2.75, 3.05) is 12.4 Å². The molecule has 3 aliphatic rings. The fourth-order valence-corrected chi connectivity index (χ4v) is 7.19. The van der Waals surface area contributed by atoms with Crippen LogP contribution < -0.4 is 10.6 Å². The molecule has 44 heavy (non-hydrogen) atoms. The molecule has 10 heteroatoms. The number of aliphatic imine (C=N–C) groups is 1. The van der Waals surface area contributed by atoms with E-state index in [0.717, 1.165) is 39.6 Å². The van der Waals surface area contributed by atoms with E-state index in [0.29, 0.717) is 34.9 Å². The fraction of sp³-hybridized carbons (Fsp3) is 0.294. The zero-order chi connectivity index (χ0) is 30.4. The van der Waals surface area contributed by atoms with E-state index in [9.17, 15) is 13.6 Å². The molecule has 2 unspecified atom stereocenters. The molecule has 7 rings (SSSR count). The zero-order valence-corrected chi connectivity index (χ0v) is 26.3. The van der Waals surface area contributed by atoms with E-state index in [1.54, 1.807) is 18.3 Å². The third kappa shape index (κ3) is 5.49. The van der Waals surface area contributed by atoms with Crippen molar-refractivity contribution in [2.24, 2.45) is 4.99 Å². The third-order valence-electron chi connectivity index (χ3n) is 9.06. The van der Waals surface area contributed by atoms with Crippen LogP contribution in [0.3, 0.4) is 0 Å². The maximum absolute atomic E-state index is 14.9. The van der Waals surface area contributed by atoms with Crippen LogP contribution in [-0.2, 0) is 11.0 Å². The van der Waals surface area contributed by atoms with Crippen molar-refractivity contribution in [1.82, 2.24) is 20.2 Å². The second-order valence-electron chi connectivity index (χ2n) is 11.7. The van der Waals surface area contributed by atoms with Gasteiger partial charge in [0.25, 0.3) is 5.91 Å². The molecular formula is C34H31F2IN6O. The molecule has 2 atom stereocenters. The first-order valence-electron chi connectivity index (χ1n) is 14.8. The Balaban J connectivity index is 1.12. The van der Waals surface area contributed by atoms with E-state index in [2.05, 4.69) is 55.1 Å². The molecule has 0 saturated carbocycles. The molecule has 2 N–H and O–H groups in total. The molecule has 0 aliphatic carbocycles. The number of fused-ring (bicyclic) bond motifs is 5. The number of carbonyl (C=O) groups excluding carboxylic acids is 1. The molecule has 2 bridgehead atoms. The third-order valence-corrected chi connectivity index (χ3v) is 9.94. The van der Waals surface area contributed by atoms with Crippen molar-refractivity contribution in [1.29, 1.82) is 0 Å². The first-order valence-corrected chi connectivity index (χ1v) is 16.3. The number of halogens is 3. The highest BCUT2D eigenvalue weighted by Gasteiger charge is 2.38. The Kier molecular flexibility index (Phi) is 7.88. The van der Waals surface area contributed by atoms with Gasteiger partial charge in [-0.1, -0.05) is 40.8 Å². The van der Waals surface area contributed by atoms with E-state index in [1.165, 1.54) is 31.0 Å². The summed E-state index contributed by atoms with van der Waals surface area (Å²) in [4.78, 5) is 29.5. The normalized spacial score (nSPS) is 20.7. The minimum atomic E-state index is -0.662. The summed E-state index contributed by atoms with van der Waals surface area (Å²) >= 11 is 2.26. The summed E-state index contributed by atoms with van der Waals surface area (Å²) in [5.74, 6) is -1.02. The Morgan fingerprint density at radius 2 is 1.73 bits per heavy atom. The number of anilines is 2. The van der Waals surface area contributed by atoms with Crippen molar-refractivity contribution in [3.8, 4) is 11.3 Å². The maximum atomic E-state index is 14.9. The van der Waals surface area contributed by atoms with Crippen LogP contribution in [0.25, 0.3) is 11.3 Å². The number of rotatable bonds is 6. The summed E-state index contributed by atoms with van der Waals surface area (Å²) in [7, 11) is 2.19. The van der Waals surface area contributed by atoms with Gasteiger partial charge in [-0.05, 0) is 80.8 Å². The number of benzene rings is 3. The number of alkyl halides is 1. The number of nitrogens with zero attached hydrogens (tertiary/aromatic N) is 4. The zero-order valence-electron chi connectivity index (χ0n) is 24.2. The fourth-order valence-electron chi connectivity index (χ4n) is 6.71. The number of hydrogen-bond donors (Lipinski definition) is 2. The molecule has 7 nitrogen and oxygen atoms in total. The molecular weight excluding hydrogens is 673 g/mol. The van der Waals surface area contributed by atoms with Gasteiger partial charge >= 0.3 is 0 Å². The number of hydrogen-bond acceptors (Lipinski definition) is 6. The molecule has 224 valence electrons. The quantitative estimate of drug-likeness (QED) is 0.171. The van der Waals surface area contributed by atoms with E-state index in [1.807, 2.05) is 30.3 Å². The SMILES string of the molecule is CN1C2CCC1CC(NC(=O)c1ccc(Nc3ncc4c(n3)-c3ccc(CI)cc3C(c3c(F)cccc3F)=NC4)cc1)C2. The average Bonchev–Trinajstić information content (AvgIpc) is 3.17. The summed E-state index contributed by atoms with van der Waals surface area (Å²) in [6.07, 6.45) is 6.11. The summed E-state index contributed by atoms with van der Waals surface area (Å²) in [6, 6.07) is 18.3. The van der Waals surface area contributed by atoms with Crippen molar-refractivity contribution in [3.63, 3.8) is 0 Å². The lowest BCUT2D eigenvalue weighted by Gasteiger charge is -2.36. The van der Waals surface area contributed by atoms with Crippen LogP contribution in [0.4, 0.5) is 20.4 Å². The number of aromatic nitrogens is 2. The van der Waals surface area contributed by atoms with E-state index in [-0.39, 0.29) is 29.8 Å². The van der Waals surface area contributed by atoms with Crippen LogP contribution in [0.2, 0.25) is 0 Å². The molecule has 4 heterocycles. The van der Waals surface area contributed by atoms with Gasteiger partial charge in [-0.2, -0.15) is 0 Å². The Morgan fingerprint density at radius 3 is 2.43 bits per heavy atom. The van der Waals surface area contributed by atoms with Gasteiger partial charge in [-0.25, -0.2) is 18.7 Å². The second kappa shape index (κ2) is 12.0. The van der Waals surface area contributed by atoms with Gasteiger partial charge in [0.15, 0.2) is 0 Å². The highest BCUT2D eigenvalue weighted by Crippen LogP contribution is 2.35. The van der Waals surface area contributed by atoms with Crippen LogP contribution >= 0.6 is 22.6 Å². The maximum Gasteiger partial charge on any atom is 0.251 e. The largest absolute Gasteiger partial charge is 0.349 e. The lowest BCUT2D eigenvalue weighted by Crippen LogP contribution is -2.48. The van der Waals surface area contributed by atoms with E-state index >= 15 is 0 Å². The topological polar surface area (TPSA) is 82.5 Å². The number of piperidine rings is 1. The second-order valence-corrected chi connectivity index (χ2v) is 12.5. The first-order chi connectivity index (χ1) is 21.4. The first kappa shape index (κ1) is 29.0. The molecule has 1 aromatic heterocycles. The minimum Gasteiger partial charge on any atom is -0.349 e. The predicted molar refractivity (Wildman–Crippen MR) is 176 cm³/mol. The Hall–Kier alpha value is -3.77. The van der Waals surface area contributed by atoms with Crippen LogP contribution in [0.1, 0.15) is 58.3 Å². The average molecular weight is 705 g/mol. The highest BCUT2D eigenvalue weighted by atomic mass is 127. The van der Waals surface area contributed by atoms with Crippen molar-refractivity contribution in [2.45, 2.75) is 54.8 Å². The highest BCUT2D eigenvalue weighted by molar-refractivity contribution is 14.1. The molecule has 3 aliphatic heterocycles. The molecule has 2 saturated heterocycles. The van der Waals surface area contributed by atoms with Gasteiger partial charge < -0.3 is 15.5 Å². The van der Waals surface area contributed by atoms with Gasteiger partial charge in [-0.15, -0.1) is 0 Å². The van der Waals surface area contributed by atoms with Gasteiger partial charge in [0.1, 0.15) is 11.6 Å². The smallest absolute Gasteiger partial charge is 0.251 e. The molecule has 4 aromatic rings. The summed E-state index contributed by atoms with van der Waals surface area (Å²) in [5.41, 5.74) is 5.22. The van der Waals surface area contributed by atoms with Gasteiger partial charge in [-0.3, -0.25) is 9.79 Å². The Labute approximate surface area is 268 Å².